The molecule has 1 aromatic rings. The molecule has 0 spiro atoms. The summed E-state index contributed by atoms with van der Waals surface area (Å²) in [6.07, 6.45) is 4.40. The van der Waals surface area contributed by atoms with Gasteiger partial charge in [-0.15, -0.1) is 0 Å². The molecular weight excluding hydrogens is 176 g/mol. The summed E-state index contributed by atoms with van der Waals surface area (Å²) < 4.78 is 0. The molecule has 0 aliphatic heterocycles. The van der Waals surface area contributed by atoms with Crippen molar-refractivity contribution < 1.29 is 0 Å². The highest BCUT2D eigenvalue weighted by Crippen LogP contribution is 2.31. The molecule has 3 N–H and O–H groups in total. The molecule has 1 unspecified atom stereocenters. The molecule has 0 saturated heterocycles. The third-order valence-corrected chi connectivity index (χ3v) is 2.97. The first kappa shape index (κ1) is 9.46. The van der Waals surface area contributed by atoms with Gasteiger partial charge >= 0.3 is 0 Å². The van der Waals surface area contributed by atoms with E-state index in [1.165, 1.54) is 12.0 Å². The number of rotatable bonds is 2. The first-order valence-corrected chi connectivity index (χ1v) is 5.23. The van der Waals surface area contributed by atoms with Crippen molar-refractivity contribution in [2.75, 3.05) is 6.54 Å². The number of aryl methyl sites for hydroxylation is 1. The fourth-order valence-electron chi connectivity index (χ4n) is 2.30. The van der Waals surface area contributed by atoms with Crippen LogP contribution in [0.5, 0.6) is 0 Å². The Morgan fingerprint density at radius 2 is 2.36 bits per heavy atom. The molecular formula is C11H16N2O. The maximum atomic E-state index is 11.1. The van der Waals surface area contributed by atoms with Gasteiger partial charge < -0.3 is 10.7 Å². The number of aromatic amines is 1. The number of pyridine rings is 1. The molecule has 2 rings (SSSR count). The van der Waals surface area contributed by atoms with E-state index in [1.54, 1.807) is 6.07 Å². The number of nitrogens with two attached hydrogens (primary N) is 1. The molecule has 76 valence electrons. The number of fused-ring (bicyclic) bond motifs is 1. The summed E-state index contributed by atoms with van der Waals surface area (Å²) in [5.41, 5.74) is 8.02. The van der Waals surface area contributed by atoms with Crippen molar-refractivity contribution in [2.24, 2.45) is 5.73 Å². The number of H-pyrrole nitrogens is 1. The predicted molar refractivity (Wildman–Crippen MR) is 56.4 cm³/mol. The molecule has 1 aromatic heterocycles. The van der Waals surface area contributed by atoms with Crippen LogP contribution in [0.4, 0.5) is 0 Å². The second-order valence-electron chi connectivity index (χ2n) is 3.92. The van der Waals surface area contributed by atoms with Gasteiger partial charge in [0.1, 0.15) is 0 Å². The minimum absolute atomic E-state index is 0.0112. The first-order valence-electron chi connectivity index (χ1n) is 5.23. The van der Waals surface area contributed by atoms with Gasteiger partial charge in [0.15, 0.2) is 0 Å². The summed E-state index contributed by atoms with van der Waals surface area (Å²) in [6, 6.07) is 3.58. The van der Waals surface area contributed by atoms with E-state index >= 15 is 0 Å². The molecule has 0 fully saturated rings. The Kier molecular flexibility index (Phi) is 2.68. The molecule has 3 nitrogen and oxygen atoms in total. The van der Waals surface area contributed by atoms with Crippen molar-refractivity contribution in [3.8, 4) is 0 Å². The van der Waals surface area contributed by atoms with E-state index in [2.05, 4.69) is 4.98 Å². The fourth-order valence-corrected chi connectivity index (χ4v) is 2.30. The Morgan fingerprint density at radius 3 is 3.14 bits per heavy atom. The van der Waals surface area contributed by atoms with Crippen LogP contribution in [-0.4, -0.2) is 11.5 Å². The summed E-state index contributed by atoms with van der Waals surface area (Å²) in [4.78, 5) is 14.0. The van der Waals surface area contributed by atoms with Crippen molar-refractivity contribution in [3.63, 3.8) is 0 Å². The lowest BCUT2D eigenvalue weighted by atomic mass is 9.84. The zero-order valence-electron chi connectivity index (χ0n) is 8.25. The van der Waals surface area contributed by atoms with E-state index in [4.69, 9.17) is 5.73 Å². The van der Waals surface area contributed by atoms with Crippen LogP contribution in [0.3, 0.4) is 0 Å². The third-order valence-electron chi connectivity index (χ3n) is 2.97. The predicted octanol–water partition coefficient (Wildman–Crippen LogP) is 1.14. The minimum Gasteiger partial charge on any atom is -0.330 e. The third kappa shape index (κ3) is 1.73. The number of nitrogens with one attached hydrogen (secondary N) is 1. The van der Waals surface area contributed by atoms with Crippen LogP contribution in [0.2, 0.25) is 0 Å². The Bertz CT molecular complexity index is 370. The summed E-state index contributed by atoms with van der Waals surface area (Å²) in [6.45, 7) is 0.725. The van der Waals surface area contributed by atoms with Crippen LogP contribution in [-0.2, 0) is 6.42 Å². The topological polar surface area (TPSA) is 58.9 Å². The zero-order valence-corrected chi connectivity index (χ0v) is 8.25. The molecule has 0 saturated carbocycles. The van der Waals surface area contributed by atoms with Crippen molar-refractivity contribution in [1.82, 2.24) is 4.98 Å². The molecule has 3 heteroatoms. The van der Waals surface area contributed by atoms with Crippen molar-refractivity contribution >= 4 is 0 Å². The van der Waals surface area contributed by atoms with Crippen molar-refractivity contribution in [2.45, 2.75) is 31.6 Å². The number of hydrogen-bond donors (Lipinski definition) is 2. The quantitative estimate of drug-likeness (QED) is 0.738. The molecule has 0 aromatic carbocycles. The van der Waals surface area contributed by atoms with E-state index in [0.29, 0.717) is 5.92 Å². The Morgan fingerprint density at radius 1 is 1.50 bits per heavy atom. The van der Waals surface area contributed by atoms with Gasteiger partial charge in [0.25, 0.3) is 0 Å². The second-order valence-corrected chi connectivity index (χ2v) is 3.92. The van der Waals surface area contributed by atoms with Crippen LogP contribution < -0.4 is 11.3 Å². The fraction of sp³-hybridized carbons (Fsp3) is 0.545. The molecule has 1 atom stereocenters. The SMILES string of the molecule is NCCC1CCCc2[nH]c(=O)ccc21. The summed E-state index contributed by atoms with van der Waals surface area (Å²) in [5, 5.41) is 0. The summed E-state index contributed by atoms with van der Waals surface area (Å²) in [5.74, 6) is 0.556. The van der Waals surface area contributed by atoms with Crippen LogP contribution in [0.1, 0.15) is 36.4 Å². The Hall–Kier alpha value is -1.09. The highest BCUT2D eigenvalue weighted by Gasteiger charge is 2.19. The van der Waals surface area contributed by atoms with E-state index in [0.717, 1.165) is 31.5 Å². The van der Waals surface area contributed by atoms with Gasteiger partial charge in [-0.2, -0.15) is 0 Å². The first-order chi connectivity index (χ1) is 6.81. The smallest absolute Gasteiger partial charge is 0.248 e. The summed E-state index contributed by atoms with van der Waals surface area (Å²) >= 11 is 0. The number of hydrogen-bond acceptors (Lipinski definition) is 2. The molecule has 1 aliphatic rings. The largest absolute Gasteiger partial charge is 0.330 e. The average molecular weight is 192 g/mol. The van der Waals surface area contributed by atoms with Crippen LogP contribution in [0.15, 0.2) is 16.9 Å². The molecule has 1 aliphatic carbocycles. The van der Waals surface area contributed by atoms with E-state index in [9.17, 15) is 4.79 Å². The monoisotopic (exact) mass is 192 g/mol. The van der Waals surface area contributed by atoms with Crippen molar-refractivity contribution in [1.29, 1.82) is 0 Å². The van der Waals surface area contributed by atoms with Gasteiger partial charge in [0, 0.05) is 11.8 Å². The van der Waals surface area contributed by atoms with Crippen LogP contribution in [0, 0.1) is 0 Å². The average Bonchev–Trinajstić information content (AvgIpc) is 2.18. The van der Waals surface area contributed by atoms with Gasteiger partial charge in [0.05, 0.1) is 0 Å². The van der Waals surface area contributed by atoms with Gasteiger partial charge in [-0.25, -0.2) is 0 Å². The molecule has 0 bridgehead atoms. The van der Waals surface area contributed by atoms with Crippen LogP contribution >= 0.6 is 0 Å². The highest BCUT2D eigenvalue weighted by molar-refractivity contribution is 5.26. The maximum Gasteiger partial charge on any atom is 0.248 e. The molecule has 0 radical (unpaired) electrons. The lowest BCUT2D eigenvalue weighted by Crippen LogP contribution is -2.18. The van der Waals surface area contributed by atoms with Gasteiger partial charge in [0.2, 0.25) is 5.56 Å². The number of aromatic nitrogens is 1. The minimum atomic E-state index is 0.0112. The van der Waals surface area contributed by atoms with Gasteiger partial charge in [-0.3, -0.25) is 4.79 Å². The van der Waals surface area contributed by atoms with Gasteiger partial charge in [-0.1, -0.05) is 6.07 Å². The lowest BCUT2D eigenvalue weighted by molar-refractivity contribution is 0.517. The standard InChI is InChI=1S/C11H16N2O/c12-7-6-8-2-1-3-10-9(8)4-5-11(14)13-10/h4-5,8H,1-3,6-7,12H2,(H,13,14). The zero-order chi connectivity index (χ0) is 9.97. The summed E-state index contributed by atoms with van der Waals surface area (Å²) in [7, 11) is 0. The Balaban J connectivity index is 2.34. The van der Waals surface area contributed by atoms with E-state index in [-0.39, 0.29) is 5.56 Å². The Labute approximate surface area is 83.3 Å². The molecule has 0 amide bonds. The van der Waals surface area contributed by atoms with Crippen molar-refractivity contribution in [3.05, 3.63) is 33.7 Å². The normalized spacial score (nSPS) is 20.5. The maximum absolute atomic E-state index is 11.1. The van der Waals surface area contributed by atoms with E-state index < -0.39 is 0 Å². The lowest BCUT2D eigenvalue weighted by Gasteiger charge is -2.24. The molecule has 14 heavy (non-hydrogen) atoms. The highest BCUT2D eigenvalue weighted by atomic mass is 16.1. The second kappa shape index (κ2) is 3.96. The molecule has 1 heterocycles. The van der Waals surface area contributed by atoms with E-state index in [1.807, 2.05) is 6.07 Å². The van der Waals surface area contributed by atoms with Gasteiger partial charge in [-0.05, 0) is 43.7 Å². The van der Waals surface area contributed by atoms with Crippen LogP contribution in [0.25, 0.3) is 0 Å².